The number of ether oxygens (including phenoxy) is 1. The highest BCUT2D eigenvalue weighted by atomic mass is 32.2. The summed E-state index contributed by atoms with van der Waals surface area (Å²) in [6.45, 7) is 5.30. The zero-order chi connectivity index (χ0) is 12.6. The minimum Gasteiger partial charge on any atom is -0.468 e. The van der Waals surface area contributed by atoms with Crippen molar-refractivity contribution >= 4 is 16.0 Å². The second-order valence-corrected chi connectivity index (χ2v) is 7.55. The molecule has 0 aromatic carbocycles. The van der Waals surface area contributed by atoms with E-state index >= 15 is 0 Å². The molecule has 1 fully saturated rings. The van der Waals surface area contributed by atoms with Crippen LogP contribution in [0.4, 0.5) is 0 Å². The van der Waals surface area contributed by atoms with E-state index in [0.29, 0.717) is 19.4 Å². The Morgan fingerprint density at radius 1 is 1.38 bits per heavy atom. The lowest BCUT2D eigenvalue weighted by Gasteiger charge is -2.29. The van der Waals surface area contributed by atoms with Crippen LogP contribution < -0.4 is 0 Å². The van der Waals surface area contributed by atoms with E-state index in [-0.39, 0.29) is 0 Å². The van der Waals surface area contributed by atoms with Gasteiger partial charge in [0.25, 0.3) is 0 Å². The lowest BCUT2D eigenvalue weighted by Crippen LogP contribution is -2.48. The number of rotatable bonds is 2. The molecule has 1 saturated heterocycles. The fourth-order valence-electron chi connectivity index (χ4n) is 1.75. The molecule has 5 nitrogen and oxygen atoms in total. The summed E-state index contributed by atoms with van der Waals surface area (Å²) in [5.41, 5.74) is 0. The van der Waals surface area contributed by atoms with E-state index in [1.54, 1.807) is 20.8 Å². The van der Waals surface area contributed by atoms with Crippen LogP contribution in [0.2, 0.25) is 0 Å². The van der Waals surface area contributed by atoms with Crippen molar-refractivity contribution in [2.75, 3.05) is 13.7 Å². The monoisotopic (exact) mass is 249 g/mol. The maximum Gasteiger partial charge on any atom is 0.324 e. The first-order valence-electron chi connectivity index (χ1n) is 5.31. The third-order valence-corrected chi connectivity index (χ3v) is 5.36. The predicted molar refractivity (Wildman–Crippen MR) is 60.4 cm³/mol. The summed E-state index contributed by atoms with van der Waals surface area (Å²) in [7, 11) is -2.17. The number of nitrogens with zero attached hydrogens (tertiary/aromatic N) is 1. The highest BCUT2D eigenvalue weighted by Gasteiger charge is 2.44. The van der Waals surface area contributed by atoms with Crippen molar-refractivity contribution in [2.24, 2.45) is 0 Å². The van der Waals surface area contributed by atoms with Crippen LogP contribution >= 0.6 is 0 Å². The molecule has 16 heavy (non-hydrogen) atoms. The average Bonchev–Trinajstić information content (AvgIpc) is 2.63. The molecule has 1 rings (SSSR count). The van der Waals surface area contributed by atoms with Gasteiger partial charge < -0.3 is 4.74 Å². The van der Waals surface area contributed by atoms with E-state index in [9.17, 15) is 13.2 Å². The molecule has 0 radical (unpaired) electrons. The van der Waals surface area contributed by atoms with Crippen molar-refractivity contribution in [1.82, 2.24) is 4.31 Å². The summed E-state index contributed by atoms with van der Waals surface area (Å²) in [6, 6.07) is -0.644. The van der Waals surface area contributed by atoms with Crippen molar-refractivity contribution in [3.05, 3.63) is 0 Å². The molecule has 0 saturated carbocycles. The van der Waals surface area contributed by atoms with Gasteiger partial charge in [-0.25, -0.2) is 8.42 Å². The normalized spacial score (nSPS) is 23.4. The van der Waals surface area contributed by atoms with E-state index < -0.39 is 26.8 Å². The Labute approximate surface area is 96.8 Å². The Balaban J connectivity index is 3.01. The van der Waals surface area contributed by atoms with Crippen molar-refractivity contribution < 1.29 is 17.9 Å². The predicted octanol–water partition coefficient (Wildman–Crippen LogP) is 0.752. The zero-order valence-electron chi connectivity index (χ0n) is 10.2. The summed E-state index contributed by atoms with van der Waals surface area (Å²) in [6.07, 6.45) is 1.25. The van der Waals surface area contributed by atoms with Crippen LogP contribution in [0.25, 0.3) is 0 Å². The van der Waals surface area contributed by atoms with Gasteiger partial charge in [-0.2, -0.15) is 4.31 Å². The molecule has 1 heterocycles. The third kappa shape index (κ3) is 2.22. The van der Waals surface area contributed by atoms with Gasteiger partial charge in [0.1, 0.15) is 6.04 Å². The summed E-state index contributed by atoms with van der Waals surface area (Å²) in [4.78, 5) is 11.5. The van der Waals surface area contributed by atoms with Crippen LogP contribution in [0.1, 0.15) is 33.6 Å². The van der Waals surface area contributed by atoms with Gasteiger partial charge in [0.2, 0.25) is 10.0 Å². The topological polar surface area (TPSA) is 63.7 Å². The van der Waals surface area contributed by atoms with Crippen molar-refractivity contribution in [3.8, 4) is 0 Å². The second-order valence-electron chi connectivity index (χ2n) is 4.91. The number of carbonyl (C=O) groups is 1. The minimum atomic E-state index is -3.45. The molecule has 0 aromatic heterocycles. The van der Waals surface area contributed by atoms with Crippen LogP contribution in [0.5, 0.6) is 0 Å². The zero-order valence-corrected chi connectivity index (χ0v) is 11.0. The van der Waals surface area contributed by atoms with Crippen LogP contribution in [-0.4, -0.2) is 43.1 Å². The molecule has 94 valence electrons. The molecule has 1 aliphatic heterocycles. The van der Waals surface area contributed by atoms with Crippen LogP contribution in [-0.2, 0) is 19.6 Å². The molecule has 6 heteroatoms. The fraction of sp³-hybridized carbons (Fsp3) is 0.900. The number of methoxy groups -OCH3 is 1. The highest BCUT2D eigenvalue weighted by Crippen LogP contribution is 2.28. The van der Waals surface area contributed by atoms with Crippen molar-refractivity contribution in [1.29, 1.82) is 0 Å². The molecule has 0 bridgehead atoms. The van der Waals surface area contributed by atoms with Gasteiger partial charge >= 0.3 is 5.97 Å². The molecule has 0 N–H and O–H groups in total. The second kappa shape index (κ2) is 4.33. The molecular formula is C10H19NO4S. The Morgan fingerprint density at radius 3 is 2.38 bits per heavy atom. The maximum atomic E-state index is 12.2. The average molecular weight is 249 g/mol. The minimum absolute atomic E-state index is 0.402. The first-order chi connectivity index (χ1) is 7.21. The number of sulfonamides is 1. The number of hydrogen-bond acceptors (Lipinski definition) is 4. The van der Waals surface area contributed by atoms with Gasteiger partial charge in [0, 0.05) is 6.54 Å². The van der Waals surface area contributed by atoms with Crippen molar-refractivity contribution in [2.45, 2.75) is 44.4 Å². The number of esters is 1. The van der Waals surface area contributed by atoms with Gasteiger partial charge in [0.15, 0.2) is 0 Å². The number of hydrogen-bond donors (Lipinski definition) is 0. The number of carbonyl (C=O) groups excluding carboxylic acids is 1. The van der Waals surface area contributed by atoms with Gasteiger partial charge in [-0.15, -0.1) is 0 Å². The third-order valence-electron chi connectivity index (χ3n) is 2.76. The molecule has 1 unspecified atom stereocenters. The summed E-state index contributed by atoms with van der Waals surface area (Å²) < 4.78 is 29.4. The van der Waals surface area contributed by atoms with E-state index in [2.05, 4.69) is 4.74 Å². The molecule has 0 aromatic rings. The first kappa shape index (κ1) is 13.4. The highest BCUT2D eigenvalue weighted by molar-refractivity contribution is 7.90. The summed E-state index contributed by atoms with van der Waals surface area (Å²) in [5, 5.41) is 0. The fourth-order valence-corrected chi connectivity index (χ4v) is 3.35. The van der Waals surface area contributed by atoms with Gasteiger partial charge in [-0.3, -0.25) is 4.79 Å². The lowest BCUT2D eigenvalue weighted by atomic mass is 10.2. The Bertz CT molecular complexity index is 369. The van der Waals surface area contributed by atoms with Crippen LogP contribution in [0.15, 0.2) is 0 Å². The SMILES string of the molecule is COC(=O)C1CCCN1S(=O)(=O)C(C)(C)C. The van der Waals surface area contributed by atoms with Crippen LogP contribution in [0, 0.1) is 0 Å². The van der Waals surface area contributed by atoms with Gasteiger partial charge in [-0.05, 0) is 33.6 Å². The molecule has 0 aliphatic carbocycles. The Morgan fingerprint density at radius 2 is 1.94 bits per heavy atom. The smallest absolute Gasteiger partial charge is 0.324 e. The molecule has 0 amide bonds. The standard InChI is InChI=1S/C10H19NO4S/c1-10(2,3)16(13,14)11-7-5-6-8(11)9(12)15-4/h8H,5-7H2,1-4H3. The van der Waals surface area contributed by atoms with Gasteiger partial charge in [0.05, 0.1) is 11.9 Å². The molecule has 1 atom stereocenters. The molecule has 1 aliphatic rings. The summed E-state index contributed by atoms with van der Waals surface area (Å²) in [5.74, 6) is -0.467. The molecule has 0 spiro atoms. The maximum absolute atomic E-state index is 12.2. The summed E-state index contributed by atoms with van der Waals surface area (Å²) >= 11 is 0. The van der Waals surface area contributed by atoms with E-state index in [1.807, 2.05) is 0 Å². The quantitative estimate of drug-likeness (QED) is 0.678. The Hall–Kier alpha value is -0.620. The molecular weight excluding hydrogens is 230 g/mol. The van der Waals surface area contributed by atoms with E-state index in [0.717, 1.165) is 0 Å². The van der Waals surface area contributed by atoms with E-state index in [4.69, 9.17) is 0 Å². The van der Waals surface area contributed by atoms with E-state index in [1.165, 1.54) is 11.4 Å². The Kier molecular flexibility index (Phi) is 3.64. The first-order valence-corrected chi connectivity index (χ1v) is 6.75. The lowest BCUT2D eigenvalue weighted by molar-refractivity contribution is -0.144. The largest absolute Gasteiger partial charge is 0.468 e. The van der Waals surface area contributed by atoms with Crippen molar-refractivity contribution in [3.63, 3.8) is 0 Å². The van der Waals surface area contributed by atoms with Gasteiger partial charge in [-0.1, -0.05) is 0 Å². The van der Waals surface area contributed by atoms with Crippen LogP contribution in [0.3, 0.4) is 0 Å².